The molecule has 0 saturated carbocycles. The number of urea groups is 1. The summed E-state index contributed by atoms with van der Waals surface area (Å²) in [5, 5.41) is 5.35. The van der Waals surface area contributed by atoms with E-state index in [4.69, 9.17) is 5.73 Å². The Balaban J connectivity index is 2.06. The van der Waals surface area contributed by atoms with E-state index in [1.54, 1.807) is 0 Å². The van der Waals surface area contributed by atoms with Crippen LogP contribution in [0, 0.1) is 12.7 Å². The van der Waals surface area contributed by atoms with Gasteiger partial charge in [-0.2, -0.15) is 0 Å². The predicted octanol–water partition coefficient (Wildman–Crippen LogP) is 3.24. The van der Waals surface area contributed by atoms with Crippen molar-refractivity contribution in [3.05, 3.63) is 59.4 Å². The van der Waals surface area contributed by atoms with Gasteiger partial charge in [0.05, 0.1) is 0 Å². The number of carbonyl (C=O) groups excluding carboxylic acids is 1. The van der Waals surface area contributed by atoms with Crippen LogP contribution in [0.4, 0.5) is 20.6 Å². The summed E-state index contributed by atoms with van der Waals surface area (Å²) in [6.45, 7) is 2.12. The third kappa shape index (κ3) is 3.55. The number of amides is 2. The van der Waals surface area contributed by atoms with Gasteiger partial charge >= 0.3 is 6.03 Å². The third-order valence-corrected chi connectivity index (χ3v) is 2.84. The lowest BCUT2D eigenvalue weighted by molar-refractivity contribution is 0.262. The van der Waals surface area contributed by atoms with Crippen molar-refractivity contribution in [1.82, 2.24) is 0 Å². The predicted molar refractivity (Wildman–Crippen MR) is 78.1 cm³/mol. The molecular formula is C15H16FN3O. The maximum atomic E-state index is 13.1. The summed E-state index contributed by atoms with van der Waals surface area (Å²) in [6.07, 6.45) is 0. The van der Waals surface area contributed by atoms with E-state index in [2.05, 4.69) is 10.6 Å². The van der Waals surface area contributed by atoms with E-state index in [0.717, 1.165) is 5.56 Å². The summed E-state index contributed by atoms with van der Waals surface area (Å²) in [4.78, 5) is 11.9. The molecule has 0 aliphatic rings. The molecule has 0 aliphatic heterocycles. The van der Waals surface area contributed by atoms with Gasteiger partial charge in [-0.15, -0.1) is 0 Å². The average Bonchev–Trinajstić information content (AvgIpc) is 2.43. The first-order chi connectivity index (χ1) is 9.58. The number of hydrogen-bond donors (Lipinski definition) is 3. The number of nitrogens with two attached hydrogens (primary N) is 1. The van der Waals surface area contributed by atoms with E-state index in [1.165, 1.54) is 18.2 Å². The molecule has 0 aromatic heterocycles. The number of nitrogens with one attached hydrogen (secondary N) is 2. The van der Waals surface area contributed by atoms with Crippen LogP contribution in [0.5, 0.6) is 0 Å². The van der Waals surface area contributed by atoms with E-state index >= 15 is 0 Å². The second kappa shape index (κ2) is 6.16. The van der Waals surface area contributed by atoms with Gasteiger partial charge < -0.3 is 16.4 Å². The van der Waals surface area contributed by atoms with E-state index in [0.29, 0.717) is 16.9 Å². The highest BCUT2D eigenvalue weighted by atomic mass is 19.1. The minimum Gasteiger partial charge on any atom is -0.326 e. The lowest BCUT2D eigenvalue weighted by Crippen LogP contribution is -2.20. The molecule has 2 rings (SSSR count). The van der Waals surface area contributed by atoms with Crippen molar-refractivity contribution in [2.75, 3.05) is 10.6 Å². The summed E-state index contributed by atoms with van der Waals surface area (Å²) in [5.74, 6) is -0.380. The van der Waals surface area contributed by atoms with Crippen LogP contribution in [0.15, 0.2) is 42.5 Å². The fourth-order valence-corrected chi connectivity index (χ4v) is 1.77. The molecule has 5 heteroatoms. The smallest absolute Gasteiger partial charge is 0.323 e. The first-order valence-electron chi connectivity index (χ1n) is 6.21. The molecule has 4 nitrogen and oxygen atoms in total. The third-order valence-electron chi connectivity index (χ3n) is 2.84. The largest absolute Gasteiger partial charge is 0.326 e. The van der Waals surface area contributed by atoms with E-state index < -0.39 is 6.03 Å². The number of benzene rings is 2. The van der Waals surface area contributed by atoms with Crippen LogP contribution in [-0.2, 0) is 6.54 Å². The van der Waals surface area contributed by atoms with Gasteiger partial charge in [0.2, 0.25) is 0 Å². The van der Waals surface area contributed by atoms with Crippen molar-refractivity contribution in [3.8, 4) is 0 Å². The van der Waals surface area contributed by atoms with Crippen molar-refractivity contribution in [2.45, 2.75) is 13.5 Å². The molecule has 0 saturated heterocycles. The molecule has 0 fully saturated rings. The molecule has 4 N–H and O–H groups in total. The summed E-state index contributed by atoms with van der Waals surface area (Å²) in [5.41, 5.74) is 8.37. The maximum absolute atomic E-state index is 13.1. The maximum Gasteiger partial charge on any atom is 0.323 e. The highest BCUT2D eigenvalue weighted by Gasteiger charge is 2.07. The highest BCUT2D eigenvalue weighted by molar-refractivity contribution is 6.00. The molecule has 2 aromatic rings. The molecule has 0 aliphatic carbocycles. The fourth-order valence-electron chi connectivity index (χ4n) is 1.77. The van der Waals surface area contributed by atoms with Gasteiger partial charge in [-0.25, -0.2) is 9.18 Å². The highest BCUT2D eigenvalue weighted by Crippen LogP contribution is 2.17. The lowest BCUT2D eigenvalue weighted by atomic mass is 10.1. The molecule has 0 unspecified atom stereocenters. The Morgan fingerprint density at radius 1 is 1.15 bits per heavy atom. The Morgan fingerprint density at radius 3 is 2.50 bits per heavy atom. The van der Waals surface area contributed by atoms with Crippen LogP contribution in [0.25, 0.3) is 0 Å². The van der Waals surface area contributed by atoms with Gasteiger partial charge in [-0.05, 0) is 42.8 Å². The van der Waals surface area contributed by atoms with Crippen LogP contribution in [0.1, 0.15) is 11.1 Å². The Bertz CT molecular complexity index is 611. The van der Waals surface area contributed by atoms with Gasteiger partial charge in [0.25, 0.3) is 0 Å². The van der Waals surface area contributed by atoms with Crippen molar-refractivity contribution in [3.63, 3.8) is 0 Å². The molecule has 2 aromatic carbocycles. The molecule has 20 heavy (non-hydrogen) atoms. The van der Waals surface area contributed by atoms with Gasteiger partial charge in [-0.1, -0.05) is 17.7 Å². The number of aryl methyl sites for hydroxylation is 1. The molecule has 104 valence electrons. The van der Waals surface area contributed by atoms with Crippen LogP contribution >= 0.6 is 0 Å². The molecule has 0 spiro atoms. The van der Waals surface area contributed by atoms with E-state index in [1.807, 2.05) is 31.2 Å². The molecule has 0 heterocycles. The van der Waals surface area contributed by atoms with Gasteiger partial charge in [-0.3, -0.25) is 0 Å². The van der Waals surface area contributed by atoms with Crippen LogP contribution < -0.4 is 16.4 Å². The minimum atomic E-state index is -0.393. The Labute approximate surface area is 116 Å². The number of hydrogen-bond acceptors (Lipinski definition) is 2. The summed E-state index contributed by atoms with van der Waals surface area (Å²) in [7, 11) is 0. The second-order valence-electron chi connectivity index (χ2n) is 4.45. The number of rotatable bonds is 3. The van der Waals surface area contributed by atoms with Crippen LogP contribution in [0.3, 0.4) is 0 Å². The summed E-state index contributed by atoms with van der Waals surface area (Å²) < 4.78 is 13.1. The fraction of sp³-hybridized carbons (Fsp3) is 0.133. The zero-order valence-corrected chi connectivity index (χ0v) is 11.1. The first kappa shape index (κ1) is 14.0. The van der Waals surface area contributed by atoms with Crippen LogP contribution in [-0.4, -0.2) is 6.03 Å². The number of anilines is 2. The molecule has 0 atom stereocenters. The van der Waals surface area contributed by atoms with Crippen LogP contribution in [0.2, 0.25) is 0 Å². The lowest BCUT2D eigenvalue weighted by Gasteiger charge is -2.11. The average molecular weight is 273 g/mol. The van der Waals surface area contributed by atoms with Crippen molar-refractivity contribution >= 4 is 17.4 Å². The van der Waals surface area contributed by atoms with Crippen molar-refractivity contribution in [1.29, 1.82) is 0 Å². The zero-order chi connectivity index (χ0) is 14.5. The summed E-state index contributed by atoms with van der Waals surface area (Å²) in [6, 6.07) is 11.1. The number of carbonyl (C=O) groups is 1. The molecular weight excluding hydrogens is 257 g/mol. The molecule has 0 radical (unpaired) electrons. The van der Waals surface area contributed by atoms with Gasteiger partial charge in [0.1, 0.15) is 5.82 Å². The second-order valence-corrected chi connectivity index (χ2v) is 4.45. The molecule has 0 bridgehead atoms. The van der Waals surface area contributed by atoms with E-state index in [9.17, 15) is 9.18 Å². The minimum absolute atomic E-state index is 0.151. The first-order valence-corrected chi connectivity index (χ1v) is 6.21. The zero-order valence-electron chi connectivity index (χ0n) is 11.1. The quantitative estimate of drug-likeness (QED) is 0.803. The molecule has 2 amide bonds. The number of halogens is 1. The standard InChI is InChI=1S/C15H16FN3O/c1-10-2-5-13(6-3-10)18-15(20)19-14-7-4-12(16)8-11(14)9-17/h2-8H,9,17H2,1H3,(H2,18,19,20). The van der Waals surface area contributed by atoms with Crippen molar-refractivity contribution < 1.29 is 9.18 Å². The summed E-state index contributed by atoms with van der Waals surface area (Å²) >= 11 is 0. The monoisotopic (exact) mass is 273 g/mol. The topological polar surface area (TPSA) is 67.2 Å². The van der Waals surface area contributed by atoms with E-state index in [-0.39, 0.29) is 12.4 Å². The van der Waals surface area contributed by atoms with Gasteiger partial charge in [0, 0.05) is 17.9 Å². The Kier molecular flexibility index (Phi) is 4.32. The Morgan fingerprint density at radius 2 is 1.85 bits per heavy atom. The Hall–Kier alpha value is -2.40. The van der Waals surface area contributed by atoms with Crippen molar-refractivity contribution in [2.24, 2.45) is 5.73 Å². The van der Waals surface area contributed by atoms with Gasteiger partial charge in [0.15, 0.2) is 0 Å². The normalized spacial score (nSPS) is 10.2. The SMILES string of the molecule is Cc1ccc(NC(=O)Nc2ccc(F)cc2CN)cc1.